The van der Waals surface area contributed by atoms with Crippen LogP contribution in [0.15, 0.2) is 16.3 Å². The number of sulfonamides is 1. The van der Waals surface area contributed by atoms with Gasteiger partial charge in [0.05, 0.1) is 0 Å². The van der Waals surface area contributed by atoms with Crippen LogP contribution in [0.25, 0.3) is 0 Å². The van der Waals surface area contributed by atoms with E-state index in [9.17, 15) is 13.2 Å². The van der Waals surface area contributed by atoms with Gasteiger partial charge in [0.2, 0.25) is 11.0 Å². The van der Waals surface area contributed by atoms with Gasteiger partial charge in [0, 0.05) is 11.4 Å². The van der Waals surface area contributed by atoms with Crippen molar-refractivity contribution in [1.82, 2.24) is 14.5 Å². The number of carbonyl (C=O) groups excluding carboxylic acids is 1. The van der Waals surface area contributed by atoms with Crippen LogP contribution in [0, 0.1) is 6.92 Å². The number of carbonyl (C=O) groups is 1. The van der Waals surface area contributed by atoms with Crippen molar-refractivity contribution >= 4 is 43.7 Å². The Hall–Kier alpha value is -1.36. The van der Waals surface area contributed by atoms with E-state index in [1.165, 1.54) is 27.0 Å². The SMILES string of the molecule is CCc1nnc(NC(=O)C2CCCN2S(=O)(=O)c2ccc(C)s2)s1. The minimum Gasteiger partial charge on any atom is -0.299 e. The van der Waals surface area contributed by atoms with Gasteiger partial charge in [0.25, 0.3) is 10.0 Å². The quantitative estimate of drug-likeness (QED) is 0.851. The number of amides is 1. The van der Waals surface area contributed by atoms with Crippen molar-refractivity contribution in [2.75, 3.05) is 11.9 Å². The van der Waals surface area contributed by atoms with Crippen LogP contribution in [0.3, 0.4) is 0 Å². The molecule has 0 aromatic carbocycles. The van der Waals surface area contributed by atoms with Crippen LogP contribution in [-0.2, 0) is 21.2 Å². The molecule has 2 aromatic rings. The van der Waals surface area contributed by atoms with Crippen LogP contribution in [0.5, 0.6) is 0 Å². The van der Waals surface area contributed by atoms with Gasteiger partial charge in [-0.3, -0.25) is 10.1 Å². The molecule has 1 fully saturated rings. The molecular formula is C14H18N4O3S3. The van der Waals surface area contributed by atoms with E-state index in [2.05, 4.69) is 15.5 Å². The molecule has 0 spiro atoms. The first-order valence-corrected chi connectivity index (χ1v) is 10.7. The molecule has 7 nitrogen and oxygen atoms in total. The average molecular weight is 387 g/mol. The number of thiophene rings is 1. The molecule has 1 aliphatic heterocycles. The summed E-state index contributed by atoms with van der Waals surface area (Å²) < 4.78 is 27.2. The van der Waals surface area contributed by atoms with E-state index in [1.54, 1.807) is 12.1 Å². The molecule has 0 bridgehead atoms. The summed E-state index contributed by atoms with van der Waals surface area (Å²) in [5, 5.41) is 11.8. The van der Waals surface area contributed by atoms with Gasteiger partial charge in [-0.25, -0.2) is 8.42 Å². The zero-order valence-corrected chi connectivity index (χ0v) is 15.8. The van der Waals surface area contributed by atoms with Gasteiger partial charge >= 0.3 is 0 Å². The molecule has 0 aliphatic carbocycles. The lowest BCUT2D eigenvalue weighted by Crippen LogP contribution is -2.42. The largest absolute Gasteiger partial charge is 0.299 e. The molecule has 130 valence electrons. The molecule has 3 rings (SSSR count). The van der Waals surface area contributed by atoms with Crippen molar-refractivity contribution < 1.29 is 13.2 Å². The van der Waals surface area contributed by atoms with Crippen molar-refractivity contribution in [3.05, 3.63) is 22.0 Å². The second kappa shape index (κ2) is 6.87. The lowest BCUT2D eigenvalue weighted by molar-refractivity contribution is -0.119. The maximum atomic E-state index is 12.8. The highest BCUT2D eigenvalue weighted by Gasteiger charge is 2.40. The zero-order valence-electron chi connectivity index (χ0n) is 13.4. The summed E-state index contributed by atoms with van der Waals surface area (Å²) in [6.07, 6.45) is 1.92. The van der Waals surface area contributed by atoms with Crippen LogP contribution in [-0.4, -0.2) is 41.4 Å². The first-order chi connectivity index (χ1) is 11.4. The first kappa shape index (κ1) is 17.5. The van der Waals surface area contributed by atoms with Crippen molar-refractivity contribution in [3.8, 4) is 0 Å². The van der Waals surface area contributed by atoms with Gasteiger partial charge in [0.1, 0.15) is 15.3 Å². The normalized spacial score (nSPS) is 18.8. The Bertz CT molecular complexity index is 843. The van der Waals surface area contributed by atoms with E-state index in [-0.39, 0.29) is 10.1 Å². The topological polar surface area (TPSA) is 92.3 Å². The predicted molar refractivity (Wildman–Crippen MR) is 93.9 cm³/mol. The van der Waals surface area contributed by atoms with Crippen molar-refractivity contribution in [1.29, 1.82) is 0 Å². The Morgan fingerprint density at radius 1 is 1.38 bits per heavy atom. The molecule has 1 N–H and O–H groups in total. The lowest BCUT2D eigenvalue weighted by Gasteiger charge is -2.22. The number of aromatic nitrogens is 2. The third kappa shape index (κ3) is 3.37. The fourth-order valence-corrected chi connectivity index (χ4v) is 6.34. The van der Waals surface area contributed by atoms with Crippen molar-refractivity contribution in [2.24, 2.45) is 0 Å². The molecule has 1 atom stereocenters. The summed E-state index contributed by atoms with van der Waals surface area (Å²) in [7, 11) is -3.65. The third-order valence-corrected chi connectivity index (χ3v) is 8.14. The zero-order chi connectivity index (χ0) is 17.3. The van der Waals surface area contributed by atoms with Crippen molar-refractivity contribution in [3.63, 3.8) is 0 Å². The molecule has 0 saturated carbocycles. The van der Waals surface area contributed by atoms with Crippen LogP contribution >= 0.6 is 22.7 Å². The number of hydrogen-bond donors (Lipinski definition) is 1. The molecule has 1 unspecified atom stereocenters. The van der Waals surface area contributed by atoms with Gasteiger partial charge in [-0.2, -0.15) is 4.31 Å². The van der Waals surface area contributed by atoms with Crippen LogP contribution in [0.2, 0.25) is 0 Å². The number of rotatable bonds is 5. The van der Waals surface area contributed by atoms with E-state index >= 15 is 0 Å². The van der Waals surface area contributed by atoms with E-state index in [0.717, 1.165) is 16.3 Å². The van der Waals surface area contributed by atoms with Gasteiger partial charge in [-0.05, 0) is 38.3 Å². The van der Waals surface area contributed by atoms with Gasteiger partial charge in [-0.15, -0.1) is 21.5 Å². The summed E-state index contributed by atoms with van der Waals surface area (Å²) in [6, 6.07) is 2.67. The fraction of sp³-hybridized carbons (Fsp3) is 0.500. The van der Waals surface area contributed by atoms with Crippen molar-refractivity contribution in [2.45, 2.75) is 43.4 Å². The second-order valence-corrected chi connectivity index (χ2v) is 9.95. The molecule has 2 aromatic heterocycles. The van der Waals surface area contributed by atoms with Gasteiger partial charge < -0.3 is 0 Å². The highest BCUT2D eigenvalue weighted by atomic mass is 32.2. The molecule has 1 saturated heterocycles. The second-order valence-electron chi connectivity index (χ2n) is 5.48. The Morgan fingerprint density at radius 2 is 2.17 bits per heavy atom. The third-order valence-electron chi connectivity index (χ3n) is 3.78. The van der Waals surface area contributed by atoms with Gasteiger partial charge in [0.15, 0.2) is 0 Å². The first-order valence-electron chi connectivity index (χ1n) is 7.63. The predicted octanol–water partition coefficient (Wildman–Crippen LogP) is 2.26. The Kier molecular flexibility index (Phi) is 5.00. The summed E-state index contributed by atoms with van der Waals surface area (Å²) in [6.45, 7) is 4.17. The number of nitrogens with zero attached hydrogens (tertiary/aromatic N) is 3. The highest BCUT2D eigenvalue weighted by Crippen LogP contribution is 2.30. The highest BCUT2D eigenvalue weighted by molar-refractivity contribution is 7.91. The Balaban J connectivity index is 1.78. The number of nitrogens with one attached hydrogen (secondary N) is 1. The Morgan fingerprint density at radius 3 is 2.79 bits per heavy atom. The minimum absolute atomic E-state index is 0.281. The summed E-state index contributed by atoms with van der Waals surface area (Å²) in [5.41, 5.74) is 0. The van der Waals surface area contributed by atoms with E-state index in [4.69, 9.17) is 0 Å². The standard InChI is InChI=1S/C14H18N4O3S3/c1-3-11-16-17-14(23-11)15-13(19)10-5-4-8-18(10)24(20,21)12-7-6-9(2)22-12/h6-7,10H,3-5,8H2,1-2H3,(H,15,17,19). The Labute approximate surface area is 148 Å². The van der Waals surface area contributed by atoms with E-state index in [0.29, 0.717) is 24.5 Å². The van der Waals surface area contributed by atoms with Crippen LogP contribution in [0.4, 0.5) is 5.13 Å². The fourth-order valence-electron chi connectivity index (χ4n) is 2.59. The summed E-state index contributed by atoms with van der Waals surface area (Å²) >= 11 is 2.53. The number of hydrogen-bond acceptors (Lipinski definition) is 7. The molecule has 1 amide bonds. The molecule has 24 heavy (non-hydrogen) atoms. The molecule has 3 heterocycles. The molecular weight excluding hydrogens is 368 g/mol. The maximum Gasteiger partial charge on any atom is 0.253 e. The van der Waals surface area contributed by atoms with Crippen LogP contribution in [0.1, 0.15) is 29.7 Å². The minimum atomic E-state index is -3.65. The average Bonchev–Trinajstić information content (AvgIpc) is 3.26. The van der Waals surface area contributed by atoms with E-state index < -0.39 is 16.1 Å². The molecule has 1 aliphatic rings. The monoisotopic (exact) mass is 386 g/mol. The molecule has 10 heteroatoms. The molecule has 0 radical (unpaired) electrons. The van der Waals surface area contributed by atoms with Gasteiger partial charge in [-0.1, -0.05) is 18.3 Å². The number of anilines is 1. The van der Waals surface area contributed by atoms with Crippen LogP contribution < -0.4 is 5.32 Å². The smallest absolute Gasteiger partial charge is 0.253 e. The summed E-state index contributed by atoms with van der Waals surface area (Å²) in [4.78, 5) is 13.5. The maximum absolute atomic E-state index is 12.8. The summed E-state index contributed by atoms with van der Waals surface area (Å²) in [5.74, 6) is -0.344. The number of aryl methyl sites for hydroxylation is 2. The van der Waals surface area contributed by atoms with E-state index in [1.807, 2.05) is 13.8 Å². The lowest BCUT2D eigenvalue weighted by atomic mass is 10.2.